The van der Waals surface area contributed by atoms with Gasteiger partial charge in [0.1, 0.15) is 5.76 Å². The van der Waals surface area contributed by atoms with Crippen LogP contribution in [0.25, 0.3) is 5.76 Å². The van der Waals surface area contributed by atoms with Crippen LogP contribution in [0.5, 0.6) is 11.5 Å². The Balaban J connectivity index is 1.72. The second-order valence-corrected chi connectivity index (χ2v) is 9.97. The molecule has 6 nitrogen and oxygen atoms in total. The van der Waals surface area contributed by atoms with Crippen LogP contribution in [0.4, 0.5) is 5.69 Å². The van der Waals surface area contributed by atoms with E-state index in [4.69, 9.17) is 9.47 Å². The number of nitrogens with zero attached hydrogens (tertiary/aromatic N) is 1. The van der Waals surface area contributed by atoms with E-state index in [1.165, 1.54) is 16.0 Å². The molecule has 1 aliphatic heterocycles. The van der Waals surface area contributed by atoms with Crippen molar-refractivity contribution in [1.82, 2.24) is 0 Å². The van der Waals surface area contributed by atoms with Gasteiger partial charge in [-0.15, -0.1) is 0 Å². The Morgan fingerprint density at radius 3 is 2.39 bits per heavy atom. The van der Waals surface area contributed by atoms with Crippen molar-refractivity contribution in [3.63, 3.8) is 0 Å². The summed E-state index contributed by atoms with van der Waals surface area (Å²) >= 11 is 0. The third-order valence-corrected chi connectivity index (χ3v) is 7.64. The summed E-state index contributed by atoms with van der Waals surface area (Å²) in [4.78, 5) is 28.7. The highest BCUT2D eigenvalue weighted by Gasteiger charge is 2.47. The molecule has 38 heavy (non-hydrogen) atoms. The first-order chi connectivity index (χ1) is 18.3. The number of aliphatic hydroxyl groups is 1. The standard InChI is InChI=1S/C32H33NO5/c1-5-38-27-18-23(13-15-26(27)37-4)29-28(30(34)24-12-11-21-8-6-7-9-22(21)17-24)31(35)32(36)33(29)25-14-10-19(2)20(3)16-25/h10-18,29,34H,5-9H2,1-4H3/b30-28+. The van der Waals surface area contributed by atoms with Crippen LogP contribution < -0.4 is 14.4 Å². The van der Waals surface area contributed by atoms with Crippen molar-refractivity contribution in [2.45, 2.75) is 52.5 Å². The highest BCUT2D eigenvalue weighted by Crippen LogP contribution is 2.44. The van der Waals surface area contributed by atoms with Crippen LogP contribution in [-0.4, -0.2) is 30.5 Å². The molecule has 3 aromatic rings. The second kappa shape index (κ2) is 10.4. The Labute approximate surface area is 223 Å². The van der Waals surface area contributed by atoms with Crippen LogP contribution in [0.3, 0.4) is 0 Å². The zero-order chi connectivity index (χ0) is 27.0. The Morgan fingerprint density at radius 2 is 1.68 bits per heavy atom. The van der Waals surface area contributed by atoms with E-state index in [1.807, 2.05) is 63.2 Å². The minimum atomic E-state index is -0.835. The molecule has 1 N–H and O–H groups in total. The van der Waals surface area contributed by atoms with Gasteiger partial charge in [-0.1, -0.05) is 24.3 Å². The number of amides is 1. The average molecular weight is 512 g/mol. The SMILES string of the molecule is CCOc1cc(C2/C(=C(\O)c3ccc4c(c3)CCCC4)C(=O)C(=O)N2c2ccc(C)c(C)c2)ccc1OC. The first-order valence-electron chi connectivity index (χ1n) is 13.1. The Morgan fingerprint density at radius 1 is 0.921 bits per heavy atom. The second-order valence-electron chi connectivity index (χ2n) is 9.97. The number of Topliss-reactive ketones (excluding diaryl/α,β-unsaturated/α-hetero) is 1. The van der Waals surface area contributed by atoms with Crippen molar-refractivity contribution >= 4 is 23.1 Å². The summed E-state index contributed by atoms with van der Waals surface area (Å²) in [5.41, 5.74) is 6.40. The molecule has 6 heteroatoms. The summed E-state index contributed by atoms with van der Waals surface area (Å²) in [5, 5.41) is 11.6. The molecule has 0 radical (unpaired) electrons. The topological polar surface area (TPSA) is 76.1 Å². The molecule has 1 aliphatic carbocycles. The summed E-state index contributed by atoms with van der Waals surface area (Å²) < 4.78 is 11.3. The molecule has 0 bridgehead atoms. The summed E-state index contributed by atoms with van der Waals surface area (Å²) in [6, 6.07) is 16.0. The molecule has 1 saturated heterocycles. The van der Waals surface area contributed by atoms with Crippen LogP contribution >= 0.6 is 0 Å². The smallest absolute Gasteiger partial charge is 0.300 e. The summed E-state index contributed by atoms with van der Waals surface area (Å²) in [7, 11) is 1.56. The molecule has 0 aromatic heterocycles. The number of aryl methyl sites for hydroxylation is 4. The van der Waals surface area contributed by atoms with Gasteiger partial charge in [-0.3, -0.25) is 14.5 Å². The Bertz CT molecular complexity index is 1450. The predicted molar refractivity (Wildman–Crippen MR) is 148 cm³/mol. The van der Waals surface area contributed by atoms with E-state index in [0.29, 0.717) is 34.9 Å². The lowest BCUT2D eigenvalue weighted by Gasteiger charge is -2.27. The van der Waals surface area contributed by atoms with E-state index < -0.39 is 17.7 Å². The lowest BCUT2D eigenvalue weighted by molar-refractivity contribution is -0.132. The van der Waals surface area contributed by atoms with Crippen molar-refractivity contribution in [2.24, 2.45) is 0 Å². The largest absolute Gasteiger partial charge is 0.507 e. The zero-order valence-electron chi connectivity index (χ0n) is 22.3. The number of hydrogen-bond acceptors (Lipinski definition) is 5. The molecular weight excluding hydrogens is 478 g/mol. The maximum absolute atomic E-state index is 13.6. The van der Waals surface area contributed by atoms with Gasteiger partial charge in [-0.2, -0.15) is 0 Å². The number of hydrogen-bond donors (Lipinski definition) is 1. The minimum absolute atomic E-state index is 0.0663. The van der Waals surface area contributed by atoms with Gasteiger partial charge in [0.05, 0.1) is 25.3 Å². The fourth-order valence-corrected chi connectivity index (χ4v) is 5.46. The van der Waals surface area contributed by atoms with Gasteiger partial charge in [0.2, 0.25) is 0 Å². The Kier molecular flexibility index (Phi) is 6.98. The van der Waals surface area contributed by atoms with E-state index >= 15 is 0 Å². The molecule has 1 amide bonds. The zero-order valence-corrected chi connectivity index (χ0v) is 22.3. The normalized spacial score (nSPS) is 18.4. The van der Waals surface area contributed by atoms with Crippen LogP contribution in [0, 0.1) is 13.8 Å². The number of carbonyl (C=O) groups excluding carboxylic acids is 2. The number of methoxy groups -OCH3 is 1. The van der Waals surface area contributed by atoms with Gasteiger partial charge in [-0.25, -0.2) is 0 Å². The van der Waals surface area contributed by atoms with E-state index in [0.717, 1.165) is 36.8 Å². The molecule has 0 spiro atoms. The van der Waals surface area contributed by atoms with E-state index in [-0.39, 0.29) is 11.3 Å². The highest BCUT2D eigenvalue weighted by molar-refractivity contribution is 6.51. The third-order valence-electron chi connectivity index (χ3n) is 7.64. The van der Waals surface area contributed by atoms with Crippen LogP contribution in [-0.2, 0) is 22.4 Å². The van der Waals surface area contributed by atoms with Crippen molar-refractivity contribution in [1.29, 1.82) is 0 Å². The lowest BCUT2D eigenvalue weighted by atomic mass is 9.88. The average Bonchev–Trinajstić information content (AvgIpc) is 3.19. The summed E-state index contributed by atoms with van der Waals surface area (Å²) in [5.74, 6) is -0.494. The summed E-state index contributed by atoms with van der Waals surface area (Å²) in [6.45, 7) is 6.27. The molecule has 1 unspecified atom stereocenters. The van der Waals surface area contributed by atoms with Gasteiger partial charge in [-0.05, 0) is 105 Å². The first kappa shape index (κ1) is 25.6. The van der Waals surface area contributed by atoms with Crippen molar-refractivity contribution in [3.05, 3.63) is 93.6 Å². The van der Waals surface area contributed by atoms with Gasteiger partial charge >= 0.3 is 0 Å². The van der Waals surface area contributed by atoms with Gasteiger partial charge < -0.3 is 14.6 Å². The molecular formula is C32H33NO5. The number of benzene rings is 3. The molecule has 0 saturated carbocycles. The molecule has 196 valence electrons. The molecule has 3 aromatic carbocycles. The molecule has 1 heterocycles. The summed E-state index contributed by atoms with van der Waals surface area (Å²) in [6.07, 6.45) is 4.20. The predicted octanol–water partition coefficient (Wildman–Crippen LogP) is 6.22. The monoisotopic (exact) mass is 511 g/mol. The van der Waals surface area contributed by atoms with Gasteiger partial charge in [0.15, 0.2) is 11.5 Å². The minimum Gasteiger partial charge on any atom is -0.507 e. The molecule has 1 atom stereocenters. The fraction of sp³-hybridized carbons (Fsp3) is 0.312. The maximum Gasteiger partial charge on any atom is 0.300 e. The van der Waals surface area contributed by atoms with Gasteiger partial charge in [0, 0.05) is 11.3 Å². The molecule has 2 aliphatic rings. The van der Waals surface area contributed by atoms with Crippen molar-refractivity contribution in [3.8, 4) is 11.5 Å². The highest BCUT2D eigenvalue weighted by atomic mass is 16.5. The van der Waals surface area contributed by atoms with E-state index in [9.17, 15) is 14.7 Å². The van der Waals surface area contributed by atoms with Crippen LogP contribution in [0.15, 0.2) is 60.2 Å². The quantitative estimate of drug-likeness (QED) is 0.242. The number of rotatable bonds is 6. The van der Waals surface area contributed by atoms with E-state index in [2.05, 4.69) is 0 Å². The number of ketones is 1. The maximum atomic E-state index is 13.6. The lowest BCUT2D eigenvalue weighted by Crippen LogP contribution is -2.29. The van der Waals surface area contributed by atoms with Gasteiger partial charge in [0.25, 0.3) is 11.7 Å². The van der Waals surface area contributed by atoms with Crippen LogP contribution in [0.1, 0.15) is 59.2 Å². The number of anilines is 1. The fourth-order valence-electron chi connectivity index (χ4n) is 5.46. The number of carbonyl (C=O) groups is 2. The third kappa shape index (κ3) is 4.44. The molecule has 1 fully saturated rings. The van der Waals surface area contributed by atoms with E-state index in [1.54, 1.807) is 19.2 Å². The first-order valence-corrected chi connectivity index (χ1v) is 13.1. The van der Waals surface area contributed by atoms with Crippen molar-refractivity contribution in [2.75, 3.05) is 18.6 Å². The van der Waals surface area contributed by atoms with Crippen LogP contribution in [0.2, 0.25) is 0 Å². The number of fused-ring (bicyclic) bond motifs is 1. The number of aliphatic hydroxyl groups excluding tert-OH is 1. The molecule has 5 rings (SSSR count). The number of ether oxygens (including phenoxy) is 2. The van der Waals surface area contributed by atoms with Crippen molar-refractivity contribution < 1.29 is 24.2 Å². The Hall–Kier alpha value is -4.06.